The molecule has 0 spiro atoms. The van der Waals surface area contributed by atoms with E-state index in [0.717, 1.165) is 6.42 Å². The maximum atomic E-state index is 11.6. The maximum absolute atomic E-state index is 11.6. The van der Waals surface area contributed by atoms with Gasteiger partial charge in [0, 0.05) is 25.7 Å². The van der Waals surface area contributed by atoms with Crippen molar-refractivity contribution < 1.29 is 19.2 Å². The molecule has 0 aliphatic carbocycles. The molecule has 0 bridgehead atoms. The second-order valence-corrected chi connectivity index (χ2v) is 4.96. The van der Waals surface area contributed by atoms with E-state index in [9.17, 15) is 19.7 Å². The Labute approximate surface area is 140 Å². The molecular formula is C16H21N3O5. The van der Waals surface area contributed by atoms with Crippen molar-refractivity contribution in [2.24, 2.45) is 0 Å². The molecule has 130 valence electrons. The molecule has 0 aliphatic rings. The number of esters is 1. The highest BCUT2D eigenvalue weighted by Gasteiger charge is 2.21. The molecular weight excluding hydrogens is 314 g/mol. The van der Waals surface area contributed by atoms with Crippen molar-refractivity contribution in [3.05, 3.63) is 40.0 Å². The van der Waals surface area contributed by atoms with Crippen molar-refractivity contribution in [3.8, 4) is 0 Å². The molecule has 0 saturated heterocycles. The number of ether oxygens (including phenoxy) is 1. The SMILES string of the molecule is CCCN(CC(=O)NC)c1ccc(/C=C\C(=O)OC)cc1[N+](=O)[O-]. The van der Waals surface area contributed by atoms with Crippen molar-refractivity contribution in [2.75, 3.05) is 32.1 Å². The van der Waals surface area contributed by atoms with Crippen LogP contribution in [0.25, 0.3) is 6.08 Å². The lowest BCUT2D eigenvalue weighted by atomic mass is 10.1. The molecule has 0 radical (unpaired) electrons. The van der Waals surface area contributed by atoms with Crippen LogP contribution in [0.3, 0.4) is 0 Å². The van der Waals surface area contributed by atoms with Crippen LogP contribution in [0.2, 0.25) is 0 Å². The molecule has 8 nitrogen and oxygen atoms in total. The molecule has 0 atom stereocenters. The molecule has 0 heterocycles. The molecule has 0 saturated carbocycles. The lowest BCUT2D eigenvalue weighted by Crippen LogP contribution is -2.36. The van der Waals surface area contributed by atoms with Crippen LogP contribution in [0.1, 0.15) is 18.9 Å². The van der Waals surface area contributed by atoms with Crippen molar-refractivity contribution in [3.63, 3.8) is 0 Å². The summed E-state index contributed by atoms with van der Waals surface area (Å²) in [6.07, 6.45) is 3.36. The smallest absolute Gasteiger partial charge is 0.330 e. The van der Waals surface area contributed by atoms with Gasteiger partial charge in [-0.2, -0.15) is 0 Å². The van der Waals surface area contributed by atoms with Crippen LogP contribution in [0, 0.1) is 10.1 Å². The first-order chi connectivity index (χ1) is 11.4. The number of methoxy groups -OCH3 is 1. The van der Waals surface area contributed by atoms with Gasteiger partial charge in [0.05, 0.1) is 18.6 Å². The molecule has 1 amide bonds. The van der Waals surface area contributed by atoms with Gasteiger partial charge >= 0.3 is 5.97 Å². The van der Waals surface area contributed by atoms with E-state index >= 15 is 0 Å². The number of anilines is 1. The van der Waals surface area contributed by atoms with Crippen LogP contribution in [0.5, 0.6) is 0 Å². The zero-order valence-corrected chi connectivity index (χ0v) is 13.9. The zero-order chi connectivity index (χ0) is 18.1. The van der Waals surface area contributed by atoms with Gasteiger partial charge in [-0.05, 0) is 24.1 Å². The standard InChI is InChI=1S/C16H21N3O5/c1-4-9-18(11-15(20)17-2)13-7-5-12(6-8-16(21)24-3)10-14(13)19(22)23/h5-8,10H,4,9,11H2,1-3H3,(H,17,20)/b8-6-. The number of amides is 1. The highest BCUT2D eigenvalue weighted by molar-refractivity contribution is 5.87. The predicted molar refractivity (Wildman–Crippen MR) is 90.7 cm³/mol. The second kappa shape index (κ2) is 9.29. The van der Waals surface area contributed by atoms with E-state index in [1.165, 1.54) is 32.4 Å². The molecule has 1 N–H and O–H groups in total. The maximum Gasteiger partial charge on any atom is 0.330 e. The van der Waals surface area contributed by atoms with Crippen LogP contribution < -0.4 is 10.2 Å². The summed E-state index contributed by atoms with van der Waals surface area (Å²) in [6.45, 7) is 2.46. The Hall–Kier alpha value is -2.90. The number of rotatable bonds is 8. The van der Waals surface area contributed by atoms with E-state index < -0.39 is 10.9 Å². The Kier molecular flexibility index (Phi) is 7.41. The minimum absolute atomic E-state index is 0.0303. The Balaban J connectivity index is 3.21. The minimum Gasteiger partial charge on any atom is -0.466 e. The Morgan fingerprint density at radius 1 is 1.42 bits per heavy atom. The summed E-state index contributed by atoms with van der Waals surface area (Å²) >= 11 is 0. The fraction of sp³-hybridized carbons (Fsp3) is 0.375. The topological polar surface area (TPSA) is 102 Å². The number of nitrogens with one attached hydrogen (secondary N) is 1. The van der Waals surface area contributed by atoms with E-state index in [1.54, 1.807) is 17.0 Å². The number of carbonyl (C=O) groups is 2. The Morgan fingerprint density at radius 3 is 2.67 bits per heavy atom. The molecule has 0 aliphatic heterocycles. The van der Waals surface area contributed by atoms with Crippen molar-refractivity contribution >= 4 is 29.3 Å². The van der Waals surface area contributed by atoms with Gasteiger partial charge in [0.1, 0.15) is 5.69 Å². The lowest BCUT2D eigenvalue weighted by Gasteiger charge is -2.23. The van der Waals surface area contributed by atoms with Gasteiger partial charge in [-0.1, -0.05) is 13.0 Å². The first kappa shape index (κ1) is 19.1. The van der Waals surface area contributed by atoms with E-state index in [0.29, 0.717) is 17.8 Å². The number of hydrogen-bond donors (Lipinski definition) is 1. The van der Waals surface area contributed by atoms with Gasteiger partial charge in [-0.3, -0.25) is 14.9 Å². The molecule has 1 rings (SSSR count). The zero-order valence-electron chi connectivity index (χ0n) is 13.9. The van der Waals surface area contributed by atoms with E-state index in [1.807, 2.05) is 6.92 Å². The quantitative estimate of drug-likeness (QED) is 0.336. The minimum atomic E-state index is -0.547. The molecule has 0 aromatic heterocycles. The van der Waals surface area contributed by atoms with E-state index in [-0.39, 0.29) is 18.1 Å². The largest absolute Gasteiger partial charge is 0.466 e. The van der Waals surface area contributed by atoms with Crippen LogP contribution >= 0.6 is 0 Å². The van der Waals surface area contributed by atoms with E-state index in [2.05, 4.69) is 10.1 Å². The van der Waals surface area contributed by atoms with Crippen molar-refractivity contribution in [1.29, 1.82) is 0 Å². The summed E-state index contributed by atoms with van der Waals surface area (Å²) in [5, 5.41) is 13.9. The first-order valence-corrected chi connectivity index (χ1v) is 7.42. The van der Waals surface area contributed by atoms with Crippen LogP contribution in [0.15, 0.2) is 24.3 Å². The average Bonchev–Trinajstić information content (AvgIpc) is 2.58. The molecule has 24 heavy (non-hydrogen) atoms. The van der Waals surface area contributed by atoms with Crippen LogP contribution in [0.4, 0.5) is 11.4 Å². The summed E-state index contributed by atoms with van der Waals surface area (Å²) in [5.41, 5.74) is 0.729. The monoisotopic (exact) mass is 335 g/mol. The van der Waals surface area contributed by atoms with Crippen LogP contribution in [-0.4, -0.2) is 44.0 Å². The molecule has 1 aromatic rings. The van der Waals surface area contributed by atoms with Gasteiger partial charge in [-0.25, -0.2) is 4.79 Å². The number of carbonyl (C=O) groups excluding carboxylic acids is 2. The van der Waals surface area contributed by atoms with Crippen molar-refractivity contribution in [1.82, 2.24) is 5.32 Å². The highest BCUT2D eigenvalue weighted by Crippen LogP contribution is 2.30. The predicted octanol–water partition coefficient (Wildman–Crippen LogP) is 1.74. The molecule has 8 heteroatoms. The van der Waals surface area contributed by atoms with Gasteiger partial charge in [0.25, 0.3) is 5.69 Å². The number of likely N-dealkylation sites (N-methyl/N-ethyl adjacent to an activating group) is 1. The summed E-state index contributed by atoms with van der Waals surface area (Å²) in [4.78, 5) is 35.3. The van der Waals surface area contributed by atoms with Gasteiger partial charge < -0.3 is 15.0 Å². The number of nitro benzene ring substituents is 1. The summed E-state index contributed by atoms with van der Waals surface area (Å²) < 4.78 is 4.49. The fourth-order valence-electron chi connectivity index (χ4n) is 2.10. The Morgan fingerprint density at radius 2 is 2.12 bits per heavy atom. The molecule has 0 unspecified atom stereocenters. The summed E-state index contributed by atoms with van der Waals surface area (Å²) in [6, 6.07) is 4.59. The first-order valence-electron chi connectivity index (χ1n) is 7.42. The van der Waals surface area contributed by atoms with E-state index in [4.69, 9.17) is 0 Å². The fourth-order valence-corrected chi connectivity index (χ4v) is 2.10. The number of hydrogen-bond acceptors (Lipinski definition) is 6. The van der Waals surface area contributed by atoms with Gasteiger partial charge in [-0.15, -0.1) is 0 Å². The number of benzene rings is 1. The third-order valence-electron chi connectivity index (χ3n) is 3.26. The molecule has 0 fully saturated rings. The molecule has 1 aromatic carbocycles. The summed E-state index contributed by atoms with van der Waals surface area (Å²) in [7, 11) is 2.77. The average molecular weight is 335 g/mol. The van der Waals surface area contributed by atoms with Gasteiger partial charge in [0.2, 0.25) is 5.91 Å². The summed E-state index contributed by atoms with van der Waals surface area (Å²) in [5.74, 6) is -0.777. The lowest BCUT2D eigenvalue weighted by molar-refractivity contribution is -0.384. The normalized spacial score (nSPS) is 10.5. The Bertz CT molecular complexity index is 643. The number of nitro groups is 1. The third kappa shape index (κ3) is 5.38. The number of nitrogens with zero attached hydrogens (tertiary/aromatic N) is 2. The third-order valence-corrected chi connectivity index (χ3v) is 3.26. The highest BCUT2D eigenvalue weighted by atomic mass is 16.6. The van der Waals surface area contributed by atoms with Gasteiger partial charge in [0.15, 0.2) is 0 Å². The second-order valence-electron chi connectivity index (χ2n) is 4.96. The van der Waals surface area contributed by atoms with Crippen LogP contribution in [-0.2, 0) is 14.3 Å². The van der Waals surface area contributed by atoms with Crippen molar-refractivity contribution in [2.45, 2.75) is 13.3 Å².